The molecule has 0 radical (unpaired) electrons. The number of fused-ring (bicyclic) bond motifs is 1. The summed E-state index contributed by atoms with van der Waals surface area (Å²) in [6.45, 7) is 27.0. The Morgan fingerprint density at radius 3 is 2.19 bits per heavy atom. The minimum atomic E-state index is -0.0219. The molecule has 0 aliphatic heterocycles. The zero-order valence-corrected chi connectivity index (χ0v) is 21.1. The molecule has 0 nitrogen and oxygen atoms in total. The van der Waals surface area contributed by atoms with Crippen LogP contribution in [0.1, 0.15) is 81.7 Å². The smallest absolute Gasteiger partial charge is 0.0128 e. The lowest BCUT2D eigenvalue weighted by Gasteiger charge is -2.36. The van der Waals surface area contributed by atoms with E-state index in [9.17, 15) is 0 Å². The van der Waals surface area contributed by atoms with Gasteiger partial charge in [0.1, 0.15) is 0 Å². The van der Waals surface area contributed by atoms with Gasteiger partial charge in [0.25, 0.3) is 0 Å². The van der Waals surface area contributed by atoms with Crippen LogP contribution < -0.4 is 0 Å². The Morgan fingerprint density at radius 1 is 1.00 bits per heavy atom. The number of allylic oxidation sites excluding steroid dienone is 6. The van der Waals surface area contributed by atoms with E-state index in [2.05, 4.69) is 92.8 Å². The molecule has 0 bridgehead atoms. The first-order valence-electron chi connectivity index (χ1n) is 11.9. The summed E-state index contributed by atoms with van der Waals surface area (Å²) in [4.78, 5) is 0. The summed E-state index contributed by atoms with van der Waals surface area (Å²) >= 11 is 0. The fourth-order valence-electron chi connectivity index (χ4n) is 5.30. The standard InChI is InChI=1S/C31H40/c1-11-26-22(8)15-25(18-30(26)31(10,13-3)19(4)5)29-17-24-14-20(6)21(7)16-28(24)23(9)27(29)12-2/h14,16-18H,4,8,11-13,15H2,1-3,5-7,9-10H3. The third kappa shape index (κ3) is 3.86. The zero-order valence-electron chi connectivity index (χ0n) is 21.1. The molecule has 31 heavy (non-hydrogen) atoms. The van der Waals surface area contributed by atoms with Gasteiger partial charge in [0.2, 0.25) is 0 Å². The number of hydrogen-bond donors (Lipinski definition) is 0. The summed E-state index contributed by atoms with van der Waals surface area (Å²) < 4.78 is 0. The van der Waals surface area contributed by atoms with E-state index in [1.807, 2.05) is 0 Å². The van der Waals surface area contributed by atoms with Crippen LogP contribution in [0.4, 0.5) is 0 Å². The molecule has 0 fully saturated rings. The van der Waals surface area contributed by atoms with Crippen molar-refractivity contribution in [2.24, 2.45) is 5.41 Å². The first kappa shape index (κ1) is 23.3. The normalized spacial score (nSPS) is 16.5. The van der Waals surface area contributed by atoms with E-state index in [-0.39, 0.29) is 5.41 Å². The quantitative estimate of drug-likeness (QED) is 0.414. The predicted octanol–water partition coefficient (Wildman–Crippen LogP) is 9.37. The van der Waals surface area contributed by atoms with Gasteiger partial charge < -0.3 is 0 Å². The van der Waals surface area contributed by atoms with Gasteiger partial charge in [-0.05, 0) is 120 Å². The molecule has 3 rings (SSSR count). The van der Waals surface area contributed by atoms with Gasteiger partial charge in [0.15, 0.2) is 0 Å². The number of hydrogen-bond acceptors (Lipinski definition) is 0. The predicted molar refractivity (Wildman–Crippen MR) is 140 cm³/mol. The highest BCUT2D eigenvalue weighted by Gasteiger charge is 2.32. The maximum atomic E-state index is 4.54. The average molecular weight is 413 g/mol. The molecule has 0 aromatic heterocycles. The van der Waals surface area contributed by atoms with Crippen molar-refractivity contribution in [1.82, 2.24) is 0 Å². The van der Waals surface area contributed by atoms with E-state index in [1.165, 1.54) is 66.5 Å². The molecule has 0 N–H and O–H groups in total. The Hall–Kier alpha value is -2.34. The molecule has 1 aliphatic rings. The van der Waals surface area contributed by atoms with E-state index in [4.69, 9.17) is 0 Å². The topological polar surface area (TPSA) is 0 Å². The Labute approximate surface area is 190 Å². The summed E-state index contributed by atoms with van der Waals surface area (Å²) in [6, 6.07) is 7.16. The maximum Gasteiger partial charge on any atom is 0.0128 e. The molecule has 0 amide bonds. The van der Waals surface area contributed by atoms with Crippen LogP contribution >= 0.6 is 0 Å². The molecule has 0 spiro atoms. The Balaban J connectivity index is 2.34. The van der Waals surface area contributed by atoms with Crippen molar-refractivity contribution in [1.29, 1.82) is 0 Å². The van der Waals surface area contributed by atoms with Crippen molar-refractivity contribution in [3.63, 3.8) is 0 Å². The van der Waals surface area contributed by atoms with Gasteiger partial charge in [-0.25, -0.2) is 0 Å². The van der Waals surface area contributed by atoms with Gasteiger partial charge in [-0.2, -0.15) is 0 Å². The molecular weight excluding hydrogens is 372 g/mol. The highest BCUT2D eigenvalue weighted by molar-refractivity contribution is 5.93. The lowest BCUT2D eigenvalue weighted by molar-refractivity contribution is 0.467. The molecule has 164 valence electrons. The van der Waals surface area contributed by atoms with Crippen molar-refractivity contribution >= 4 is 16.3 Å². The number of rotatable bonds is 6. The van der Waals surface area contributed by atoms with Crippen LogP contribution in [-0.2, 0) is 6.42 Å². The SMILES string of the molecule is C=C1CC(c2cc3cc(C)c(C)cc3c(C)c2CC)=CC(C(C)(CC)C(=C)C)=C1CC. The molecule has 0 saturated carbocycles. The lowest BCUT2D eigenvalue weighted by Crippen LogP contribution is -2.22. The maximum absolute atomic E-state index is 4.54. The van der Waals surface area contributed by atoms with E-state index in [1.54, 1.807) is 0 Å². The summed E-state index contributed by atoms with van der Waals surface area (Å²) in [7, 11) is 0. The van der Waals surface area contributed by atoms with Gasteiger partial charge in [0.05, 0.1) is 0 Å². The second kappa shape index (κ2) is 8.65. The first-order chi connectivity index (χ1) is 14.6. The van der Waals surface area contributed by atoms with Crippen molar-refractivity contribution in [3.8, 4) is 0 Å². The summed E-state index contributed by atoms with van der Waals surface area (Å²) in [5.74, 6) is 0. The van der Waals surface area contributed by atoms with Gasteiger partial charge in [0, 0.05) is 5.41 Å². The molecule has 2 aromatic rings. The molecule has 1 aliphatic carbocycles. The number of aryl methyl sites for hydroxylation is 3. The fourth-order valence-corrected chi connectivity index (χ4v) is 5.30. The van der Waals surface area contributed by atoms with Crippen molar-refractivity contribution in [2.45, 2.75) is 81.1 Å². The van der Waals surface area contributed by atoms with E-state index in [0.29, 0.717) is 0 Å². The highest BCUT2D eigenvalue weighted by atomic mass is 14.4. The summed E-state index contributed by atoms with van der Waals surface area (Å²) in [6.07, 6.45) is 6.54. The second-order valence-corrected chi connectivity index (χ2v) is 9.70. The van der Waals surface area contributed by atoms with Crippen LogP contribution in [0.2, 0.25) is 0 Å². The van der Waals surface area contributed by atoms with E-state index >= 15 is 0 Å². The van der Waals surface area contributed by atoms with Crippen LogP contribution in [-0.4, -0.2) is 0 Å². The molecule has 1 unspecified atom stereocenters. The second-order valence-electron chi connectivity index (χ2n) is 9.70. The van der Waals surface area contributed by atoms with Crippen molar-refractivity contribution < 1.29 is 0 Å². The Morgan fingerprint density at radius 2 is 1.65 bits per heavy atom. The van der Waals surface area contributed by atoms with Crippen LogP contribution in [0.5, 0.6) is 0 Å². The molecule has 1 atom stereocenters. The van der Waals surface area contributed by atoms with E-state index in [0.717, 1.165) is 25.7 Å². The largest absolute Gasteiger partial charge is 0.0993 e. The van der Waals surface area contributed by atoms with Gasteiger partial charge in [-0.15, -0.1) is 0 Å². The van der Waals surface area contributed by atoms with E-state index < -0.39 is 0 Å². The minimum Gasteiger partial charge on any atom is -0.0993 e. The van der Waals surface area contributed by atoms with Crippen molar-refractivity contribution in [3.05, 3.63) is 87.5 Å². The number of benzene rings is 2. The lowest BCUT2D eigenvalue weighted by atomic mass is 9.68. The van der Waals surface area contributed by atoms with Crippen LogP contribution in [0.25, 0.3) is 16.3 Å². The highest BCUT2D eigenvalue weighted by Crippen LogP contribution is 2.48. The first-order valence-corrected chi connectivity index (χ1v) is 11.9. The van der Waals surface area contributed by atoms with Crippen LogP contribution in [0.3, 0.4) is 0 Å². The Bertz CT molecular complexity index is 1130. The van der Waals surface area contributed by atoms with Gasteiger partial charge in [-0.3, -0.25) is 0 Å². The van der Waals surface area contributed by atoms with Crippen molar-refractivity contribution in [2.75, 3.05) is 0 Å². The molecule has 2 aromatic carbocycles. The summed E-state index contributed by atoms with van der Waals surface area (Å²) in [5.41, 5.74) is 13.8. The average Bonchev–Trinajstić information content (AvgIpc) is 2.73. The third-order valence-electron chi connectivity index (χ3n) is 7.92. The minimum absolute atomic E-state index is 0.0219. The molecule has 0 saturated heterocycles. The van der Waals surface area contributed by atoms with Gasteiger partial charge >= 0.3 is 0 Å². The summed E-state index contributed by atoms with van der Waals surface area (Å²) in [5, 5.41) is 2.74. The monoisotopic (exact) mass is 412 g/mol. The fraction of sp³-hybridized carbons (Fsp3) is 0.419. The van der Waals surface area contributed by atoms with Gasteiger partial charge in [-0.1, -0.05) is 64.6 Å². The van der Waals surface area contributed by atoms with Crippen LogP contribution in [0, 0.1) is 26.2 Å². The molecule has 0 heterocycles. The molecular formula is C31H40. The third-order valence-corrected chi connectivity index (χ3v) is 7.92. The molecule has 0 heteroatoms. The Kier molecular flexibility index (Phi) is 6.51. The van der Waals surface area contributed by atoms with Crippen LogP contribution in [0.15, 0.2) is 59.7 Å². The zero-order chi connectivity index (χ0) is 23.1.